The first kappa shape index (κ1) is 12.5. The van der Waals surface area contributed by atoms with Crippen LogP contribution in [-0.2, 0) is 11.3 Å². The van der Waals surface area contributed by atoms with Crippen LogP contribution < -0.4 is 10.1 Å². The van der Waals surface area contributed by atoms with Gasteiger partial charge in [-0.1, -0.05) is 12.1 Å². The van der Waals surface area contributed by atoms with Gasteiger partial charge in [0.1, 0.15) is 5.75 Å². The number of likely N-dealkylation sites (N-methyl/N-ethyl adjacent to an activating group) is 1. The van der Waals surface area contributed by atoms with Crippen molar-refractivity contribution in [3.8, 4) is 5.75 Å². The minimum Gasteiger partial charge on any atom is -0.497 e. The van der Waals surface area contributed by atoms with Crippen LogP contribution in [0.2, 0.25) is 0 Å². The minimum atomic E-state index is 0.0773. The van der Waals surface area contributed by atoms with Gasteiger partial charge in [0.15, 0.2) is 0 Å². The standard InChI is InChI=1S/C12H18N2O2/c1-14(2)12(15)9-13-8-10-4-6-11(16-3)7-5-10/h4-7,13H,8-9H2,1-3H3. The van der Waals surface area contributed by atoms with E-state index in [0.29, 0.717) is 13.1 Å². The summed E-state index contributed by atoms with van der Waals surface area (Å²) in [5.74, 6) is 0.918. The average Bonchev–Trinajstić information content (AvgIpc) is 2.29. The summed E-state index contributed by atoms with van der Waals surface area (Å²) in [6, 6.07) is 7.77. The first-order valence-electron chi connectivity index (χ1n) is 5.17. The molecule has 88 valence electrons. The topological polar surface area (TPSA) is 41.6 Å². The van der Waals surface area contributed by atoms with Crippen molar-refractivity contribution in [2.45, 2.75) is 6.54 Å². The Labute approximate surface area is 96.2 Å². The van der Waals surface area contributed by atoms with Gasteiger partial charge in [-0.25, -0.2) is 0 Å². The monoisotopic (exact) mass is 222 g/mol. The Morgan fingerprint density at radius 3 is 2.44 bits per heavy atom. The van der Waals surface area contributed by atoms with E-state index in [9.17, 15) is 4.79 Å². The van der Waals surface area contributed by atoms with E-state index in [1.165, 1.54) is 0 Å². The van der Waals surface area contributed by atoms with Crippen molar-refractivity contribution in [3.63, 3.8) is 0 Å². The molecule has 1 N–H and O–H groups in total. The molecule has 4 nitrogen and oxygen atoms in total. The van der Waals surface area contributed by atoms with Gasteiger partial charge in [-0.3, -0.25) is 4.79 Å². The van der Waals surface area contributed by atoms with Crippen molar-refractivity contribution in [1.82, 2.24) is 10.2 Å². The first-order chi connectivity index (χ1) is 7.63. The summed E-state index contributed by atoms with van der Waals surface area (Å²) < 4.78 is 5.06. The lowest BCUT2D eigenvalue weighted by molar-refractivity contribution is -0.127. The number of ether oxygens (including phenoxy) is 1. The molecule has 0 aliphatic heterocycles. The number of nitrogens with zero attached hydrogens (tertiary/aromatic N) is 1. The molecule has 0 saturated heterocycles. The second kappa shape index (κ2) is 6.12. The second-order valence-electron chi connectivity index (χ2n) is 3.74. The molecule has 1 aromatic rings. The molecule has 0 radical (unpaired) electrons. The highest BCUT2D eigenvalue weighted by Crippen LogP contribution is 2.10. The predicted octanol–water partition coefficient (Wildman–Crippen LogP) is 0.873. The minimum absolute atomic E-state index is 0.0773. The van der Waals surface area contributed by atoms with E-state index in [1.807, 2.05) is 24.3 Å². The molecule has 0 spiro atoms. The lowest BCUT2D eigenvalue weighted by atomic mass is 10.2. The molecule has 1 amide bonds. The van der Waals surface area contributed by atoms with Gasteiger partial charge in [-0.2, -0.15) is 0 Å². The highest BCUT2D eigenvalue weighted by molar-refractivity contribution is 5.77. The van der Waals surface area contributed by atoms with Crippen molar-refractivity contribution in [2.24, 2.45) is 0 Å². The van der Waals surface area contributed by atoms with Gasteiger partial charge in [-0.05, 0) is 17.7 Å². The Morgan fingerprint density at radius 2 is 1.94 bits per heavy atom. The number of benzene rings is 1. The molecule has 0 fully saturated rings. The molecule has 0 aliphatic rings. The molecule has 4 heteroatoms. The van der Waals surface area contributed by atoms with Crippen LogP contribution in [0.25, 0.3) is 0 Å². The lowest BCUT2D eigenvalue weighted by Gasteiger charge is -2.11. The van der Waals surface area contributed by atoms with E-state index in [-0.39, 0.29) is 5.91 Å². The van der Waals surface area contributed by atoms with E-state index in [2.05, 4.69) is 5.32 Å². The van der Waals surface area contributed by atoms with Crippen LogP contribution in [0, 0.1) is 0 Å². The Bertz CT molecular complexity index is 333. The van der Waals surface area contributed by atoms with Gasteiger partial charge in [0, 0.05) is 20.6 Å². The van der Waals surface area contributed by atoms with Crippen LogP contribution in [0.4, 0.5) is 0 Å². The quantitative estimate of drug-likeness (QED) is 0.804. The number of hydrogen-bond acceptors (Lipinski definition) is 3. The summed E-state index contributed by atoms with van der Waals surface area (Å²) in [6.07, 6.45) is 0. The molecule has 0 atom stereocenters. The first-order valence-corrected chi connectivity index (χ1v) is 5.17. The largest absolute Gasteiger partial charge is 0.497 e. The number of amides is 1. The molecular formula is C12H18N2O2. The van der Waals surface area contributed by atoms with E-state index in [4.69, 9.17) is 4.74 Å². The van der Waals surface area contributed by atoms with Gasteiger partial charge >= 0.3 is 0 Å². The summed E-state index contributed by atoms with van der Waals surface area (Å²) >= 11 is 0. The molecule has 1 rings (SSSR count). The fourth-order valence-corrected chi connectivity index (χ4v) is 1.22. The summed E-state index contributed by atoms with van der Waals surface area (Å²) in [5.41, 5.74) is 1.13. The SMILES string of the molecule is COc1ccc(CNCC(=O)N(C)C)cc1. The highest BCUT2D eigenvalue weighted by atomic mass is 16.5. The zero-order valence-electron chi connectivity index (χ0n) is 9.99. The molecule has 0 aromatic heterocycles. The molecule has 0 heterocycles. The molecule has 0 unspecified atom stereocenters. The summed E-state index contributed by atoms with van der Waals surface area (Å²) in [4.78, 5) is 12.8. The van der Waals surface area contributed by atoms with Gasteiger partial charge in [0.05, 0.1) is 13.7 Å². The van der Waals surface area contributed by atoms with Crippen molar-refractivity contribution < 1.29 is 9.53 Å². The summed E-state index contributed by atoms with van der Waals surface area (Å²) in [5, 5.41) is 3.09. The van der Waals surface area contributed by atoms with E-state index in [1.54, 1.807) is 26.1 Å². The van der Waals surface area contributed by atoms with E-state index in [0.717, 1.165) is 11.3 Å². The van der Waals surface area contributed by atoms with Crippen LogP contribution >= 0.6 is 0 Å². The number of rotatable bonds is 5. The lowest BCUT2D eigenvalue weighted by Crippen LogP contribution is -2.32. The number of carbonyl (C=O) groups is 1. The van der Waals surface area contributed by atoms with Crippen LogP contribution in [0.5, 0.6) is 5.75 Å². The molecule has 1 aromatic carbocycles. The fraction of sp³-hybridized carbons (Fsp3) is 0.417. The molecular weight excluding hydrogens is 204 g/mol. The fourth-order valence-electron chi connectivity index (χ4n) is 1.22. The van der Waals surface area contributed by atoms with Gasteiger partial charge in [-0.15, -0.1) is 0 Å². The second-order valence-corrected chi connectivity index (χ2v) is 3.74. The van der Waals surface area contributed by atoms with Gasteiger partial charge < -0.3 is 15.0 Å². The third-order valence-corrected chi connectivity index (χ3v) is 2.26. The Hall–Kier alpha value is -1.55. The maximum Gasteiger partial charge on any atom is 0.236 e. The smallest absolute Gasteiger partial charge is 0.236 e. The van der Waals surface area contributed by atoms with Crippen molar-refractivity contribution in [1.29, 1.82) is 0 Å². The van der Waals surface area contributed by atoms with Gasteiger partial charge in [0.25, 0.3) is 0 Å². The zero-order valence-corrected chi connectivity index (χ0v) is 9.99. The predicted molar refractivity (Wildman–Crippen MR) is 63.4 cm³/mol. The third kappa shape index (κ3) is 3.90. The molecule has 0 bridgehead atoms. The Morgan fingerprint density at radius 1 is 1.31 bits per heavy atom. The zero-order chi connectivity index (χ0) is 12.0. The molecule has 0 saturated carbocycles. The Balaban J connectivity index is 2.34. The van der Waals surface area contributed by atoms with Gasteiger partial charge in [0.2, 0.25) is 5.91 Å². The normalized spacial score (nSPS) is 9.94. The molecule has 0 aliphatic carbocycles. The van der Waals surface area contributed by atoms with Crippen LogP contribution in [-0.4, -0.2) is 38.6 Å². The van der Waals surface area contributed by atoms with E-state index < -0.39 is 0 Å². The number of methoxy groups -OCH3 is 1. The maximum atomic E-state index is 11.3. The molecule has 16 heavy (non-hydrogen) atoms. The summed E-state index contributed by atoms with van der Waals surface area (Å²) in [6.45, 7) is 1.04. The number of carbonyl (C=O) groups excluding carboxylic acids is 1. The van der Waals surface area contributed by atoms with E-state index >= 15 is 0 Å². The van der Waals surface area contributed by atoms with Crippen molar-refractivity contribution in [2.75, 3.05) is 27.7 Å². The maximum absolute atomic E-state index is 11.3. The Kier molecular flexibility index (Phi) is 4.79. The summed E-state index contributed by atoms with van der Waals surface area (Å²) in [7, 11) is 5.14. The number of hydrogen-bond donors (Lipinski definition) is 1. The van der Waals surface area contributed by atoms with Crippen molar-refractivity contribution in [3.05, 3.63) is 29.8 Å². The van der Waals surface area contributed by atoms with Crippen LogP contribution in [0.1, 0.15) is 5.56 Å². The van der Waals surface area contributed by atoms with Crippen LogP contribution in [0.15, 0.2) is 24.3 Å². The third-order valence-electron chi connectivity index (χ3n) is 2.26. The number of nitrogens with one attached hydrogen (secondary N) is 1. The highest BCUT2D eigenvalue weighted by Gasteiger charge is 2.02. The average molecular weight is 222 g/mol. The van der Waals surface area contributed by atoms with Crippen molar-refractivity contribution >= 4 is 5.91 Å². The van der Waals surface area contributed by atoms with Crippen LogP contribution in [0.3, 0.4) is 0 Å².